The fourth-order valence-electron chi connectivity index (χ4n) is 1.76. The van der Waals surface area contributed by atoms with E-state index in [1.165, 1.54) is 9.13 Å². The van der Waals surface area contributed by atoms with E-state index in [4.69, 9.17) is 4.42 Å². The van der Waals surface area contributed by atoms with Gasteiger partial charge in [-0.25, -0.2) is 0 Å². The zero-order valence-corrected chi connectivity index (χ0v) is 13.2. The Morgan fingerprint density at radius 1 is 1.41 bits per heavy atom. The second kappa shape index (κ2) is 6.02. The molecule has 4 heteroatoms. The number of hydrogen-bond donors (Lipinski definition) is 1. The molecule has 90 valence electrons. The standard InChI is InChI=1S/C13H13BrINO/c1-2-16-13(12-4-3-7-17-12)10-8-9(15)5-6-11(10)14/h3-8,13,16H,2H2,1H3. The molecule has 0 aliphatic carbocycles. The van der Waals surface area contributed by atoms with Gasteiger partial charge in [0.25, 0.3) is 0 Å². The Hall–Kier alpha value is -0.330. The van der Waals surface area contributed by atoms with Gasteiger partial charge < -0.3 is 9.73 Å². The number of nitrogens with one attached hydrogen (secondary N) is 1. The molecule has 1 heterocycles. The van der Waals surface area contributed by atoms with Crippen molar-refractivity contribution in [2.75, 3.05) is 6.54 Å². The van der Waals surface area contributed by atoms with Gasteiger partial charge in [0.1, 0.15) is 5.76 Å². The summed E-state index contributed by atoms with van der Waals surface area (Å²) in [5.74, 6) is 0.939. The number of halogens is 2. The van der Waals surface area contributed by atoms with Crippen molar-refractivity contribution in [3.05, 3.63) is 56.0 Å². The fraction of sp³-hybridized carbons (Fsp3) is 0.231. The van der Waals surface area contributed by atoms with Crippen molar-refractivity contribution in [1.29, 1.82) is 0 Å². The summed E-state index contributed by atoms with van der Waals surface area (Å²) in [5, 5.41) is 3.44. The molecule has 0 radical (unpaired) electrons. The zero-order chi connectivity index (χ0) is 12.3. The summed E-state index contributed by atoms with van der Waals surface area (Å²) in [7, 11) is 0. The van der Waals surface area contributed by atoms with Crippen molar-refractivity contribution in [1.82, 2.24) is 5.32 Å². The second-order valence-corrected chi connectivity index (χ2v) is 5.77. The Bertz CT molecular complexity index is 484. The Morgan fingerprint density at radius 2 is 2.24 bits per heavy atom. The first-order valence-electron chi connectivity index (χ1n) is 5.44. The first-order valence-corrected chi connectivity index (χ1v) is 7.31. The van der Waals surface area contributed by atoms with Crippen LogP contribution in [0.5, 0.6) is 0 Å². The maximum atomic E-state index is 5.51. The molecule has 0 aliphatic heterocycles. The van der Waals surface area contributed by atoms with E-state index in [-0.39, 0.29) is 6.04 Å². The average Bonchev–Trinajstić information content (AvgIpc) is 2.83. The van der Waals surface area contributed by atoms with Crippen LogP contribution < -0.4 is 5.32 Å². The summed E-state index contributed by atoms with van der Waals surface area (Å²) in [4.78, 5) is 0. The lowest BCUT2D eigenvalue weighted by Crippen LogP contribution is -2.22. The number of hydrogen-bond acceptors (Lipinski definition) is 2. The number of benzene rings is 1. The Morgan fingerprint density at radius 3 is 2.88 bits per heavy atom. The lowest BCUT2D eigenvalue weighted by atomic mass is 10.0. The lowest BCUT2D eigenvalue weighted by molar-refractivity contribution is 0.451. The van der Waals surface area contributed by atoms with Crippen LogP contribution in [0.1, 0.15) is 24.3 Å². The second-order valence-electron chi connectivity index (χ2n) is 3.67. The molecule has 17 heavy (non-hydrogen) atoms. The van der Waals surface area contributed by atoms with E-state index in [2.05, 4.69) is 69.0 Å². The molecule has 1 unspecified atom stereocenters. The summed E-state index contributed by atoms with van der Waals surface area (Å²) >= 11 is 5.92. The quantitative estimate of drug-likeness (QED) is 0.765. The van der Waals surface area contributed by atoms with Gasteiger partial charge in [0.05, 0.1) is 12.3 Å². The predicted octanol–water partition coefficient (Wildman–Crippen LogP) is 4.35. The van der Waals surface area contributed by atoms with E-state index >= 15 is 0 Å². The van der Waals surface area contributed by atoms with Crippen LogP contribution in [0.2, 0.25) is 0 Å². The topological polar surface area (TPSA) is 25.2 Å². The van der Waals surface area contributed by atoms with E-state index in [0.29, 0.717) is 0 Å². The van der Waals surface area contributed by atoms with Crippen molar-refractivity contribution in [3.8, 4) is 0 Å². The highest BCUT2D eigenvalue weighted by Crippen LogP contribution is 2.30. The largest absolute Gasteiger partial charge is 0.467 e. The summed E-state index contributed by atoms with van der Waals surface area (Å²) in [6.07, 6.45) is 1.71. The van der Waals surface area contributed by atoms with Gasteiger partial charge in [-0.2, -0.15) is 0 Å². The van der Waals surface area contributed by atoms with Crippen molar-refractivity contribution in [2.24, 2.45) is 0 Å². The molecule has 0 spiro atoms. The molecule has 0 fully saturated rings. The minimum atomic E-state index is 0.0964. The minimum Gasteiger partial charge on any atom is -0.467 e. The molecule has 0 amide bonds. The van der Waals surface area contributed by atoms with Gasteiger partial charge in [-0.1, -0.05) is 22.9 Å². The molecule has 1 atom stereocenters. The SMILES string of the molecule is CCNC(c1ccco1)c1cc(I)ccc1Br. The molecule has 2 aromatic rings. The summed E-state index contributed by atoms with van der Waals surface area (Å²) in [6.45, 7) is 2.99. The number of furan rings is 1. The predicted molar refractivity (Wildman–Crippen MR) is 81.1 cm³/mol. The maximum absolute atomic E-state index is 5.51. The zero-order valence-electron chi connectivity index (χ0n) is 9.41. The van der Waals surface area contributed by atoms with E-state index in [0.717, 1.165) is 16.8 Å². The Balaban J connectivity index is 2.42. The Labute approximate surface area is 123 Å². The normalized spacial score (nSPS) is 12.6. The monoisotopic (exact) mass is 405 g/mol. The Kier molecular flexibility index (Phi) is 4.64. The third kappa shape index (κ3) is 3.11. The van der Waals surface area contributed by atoms with Crippen LogP contribution in [0.4, 0.5) is 0 Å². The highest BCUT2D eigenvalue weighted by atomic mass is 127. The molecular weight excluding hydrogens is 393 g/mol. The molecule has 0 saturated heterocycles. The van der Waals surface area contributed by atoms with Gasteiger partial charge in [0.2, 0.25) is 0 Å². The van der Waals surface area contributed by atoms with E-state index in [1.807, 2.05) is 12.1 Å². The van der Waals surface area contributed by atoms with Gasteiger partial charge in [0.15, 0.2) is 0 Å². The van der Waals surface area contributed by atoms with Gasteiger partial charge in [-0.15, -0.1) is 0 Å². The summed E-state index contributed by atoms with van der Waals surface area (Å²) in [5.41, 5.74) is 1.20. The van der Waals surface area contributed by atoms with Crippen molar-refractivity contribution < 1.29 is 4.42 Å². The highest BCUT2D eigenvalue weighted by Gasteiger charge is 2.18. The first kappa shape index (κ1) is 13.1. The van der Waals surface area contributed by atoms with Crippen LogP contribution >= 0.6 is 38.5 Å². The maximum Gasteiger partial charge on any atom is 0.125 e. The summed E-state index contributed by atoms with van der Waals surface area (Å²) in [6, 6.07) is 10.3. The molecule has 0 bridgehead atoms. The molecule has 0 aliphatic rings. The van der Waals surface area contributed by atoms with Gasteiger partial charge >= 0.3 is 0 Å². The van der Waals surface area contributed by atoms with Crippen LogP contribution in [-0.4, -0.2) is 6.54 Å². The minimum absolute atomic E-state index is 0.0964. The third-order valence-corrected chi connectivity index (χ3v) is 3.90. The van der Waals surface area contributed by atoms with E-state index < -0.39 is 0 Å². The lowest BCUT2D eigenvalue weighted by Gasteiger charge is -2.17. The van der Waals surface area contributed by atoms with Crippen LogP contribution in [0, 0.1) is 3.57 Å². The van der Waals surface area contributed by atoms with Gasteiger partial charge in [-0.3, -0.25) is 0 Å². The molecular formula is C13H13BrINO. The van der Waals surface area contributed by atoms with Crippen LogP contribution in [0.15, 0.2) is 45.5 Å². The average molecular weight is 406 g/mol. The van der Waals surface area contributed by atoms with E-state index in [9.17, 15) is 0 Å². The van der Waals surface area contributed by atoms with Crippen molar-refractivity contribution in [2.45, 2.75) is 13.0 Å². The third-order valence-electron chi connectivity index (χ3n) is 2.50. The molecule has 1 aromatic heterocycles. The molecule has 2 rings (SSSR count). The molecule has 2 nitrogen and oxygen atoms in total. The van der Waals surface area contributed by atoms with Crippen molar-refractivity contribution in [3.63, 3.8) is 0 Å². The van der Waals surface area contributed by atoms with Gasteiger partial charge in [-0.05, 0) is 65.0 Å². The highest BCUT2D eigenvalue weighted by molar-refractivity contribution is 14.1. The molecule has 1 N–H and O–H groups in total. The first-order chi connectivity index (χ1) is 8.22. The van der Waals surface area contributed by atoms with Crippen molar-refractivity contribution >= 4 is 38.5 Å². The molecule has 1 aromatic carbocycles. The summed E-state index contributed by atoms with van der Waals surface area (Å²) < 4.78 is 7.83. The molecule has 0 saturated carbocycles. The smallest absolute Gasteiger partial charge is 0.125 e. The number of rotatable bonds is 4. The van der Waals surface area contributed by atoms with Crippen LogP contribution in [0.3, 0.4) is 0 Å². The fourth-order valence-corrected chi connectivity index (χ4v) is 2.75. The van der Waals surface area contributed by atoms with E-state index in [1.54, 1.807) is 6.26 Å². The van der Waals surface area contributed by atoms with Gasteiger partial charge in [0, 0.05) is 8.04 Å². The van der Waals surface area contributed by atoms with Crippen LogP contribution in [-0.2, 0) is 0 Å². The van der Waals surface area contributed by atoms with Crippen LogP contribution in [0.25, 0.3) is 0 Å².